The van der Waals surface area contributed by atoms with E-state index in [1.54, 1.807) is 12.1 Å². The first-order chi connectivity index (χ1) is 10.1. The quantitative estimate of drug-likeness (QED) is 0.549. The van der Waals surface area contributed by atoms with Crippen molar-refractivity contribution < 1.29 is 14.7 Å². The third kappa shape index (κ3) is 4.17. The summed E-state index contributed by atoms with van der Waals surface area (Å²) < 4.78 is 0. The number of nitrogen functional groups attached to an aromatic ring is 1. The number of nitrogens with two attached hydrogens (primary N) is 1. The zero-order valence-electron chi connectivity index (χ0n) is 11.5. The van der Waals surface area contributed by atoms with Crippen LogP contribution in [0, 0.1) is 0 Å². The molecule has 110 valence electrons. The Labute approximate surface area is 122 Å². The number of benzene rings is 1. The predicted molar refractivity (Wildman–Crippen MR) is 79.7 cm³/mol. The van der Waals surface area contributed by atoms with Gasteiger partial charge in [-0.3, -0.25) is 14.6 Å². The summed E-state index contributed by atoms with van der Waals surface area (Å²) >= 11 is 0. The lowest BCUT2D eigenvalue weighted by Crippen LogP contribution is -2.26. The van der Waals surface area contributed by atoms with Crippen LogP contribution in [0.5, 0.6) is 0 Å². The zero-order chi connectivity index (χ0) is 15.2. The number of para-hydroxylation sites is 1. The molecular weight excluding hydrogens is 270 g/mol. The van der Waals surface area contributed by atoms with E-state index >= 15 is 0 Å². The number of hydrogen-bond donors (Lipinski definition) is 3. The van der Waals surface area contributed by atoms with Gasteiger partial charge in [0.2, 0.25) is 5.91 Å². The maximum absolute atomic E-state index is 11.7. The van der Waals surface area contributed by atoms with E-state index in [4.69, 9.17) is 10.8 Å². The lowest BCUT2D eigenvalue weighted by atomic mass is 10.1. The van der Waals surface area contributed by atoms with Crippen molar-refractivity contribution in [3.63, 3.8) is 0 Å². The van der Waals surface area contributed by atoms with E-state index in [1.807, 2.05) is 18.2 Å². The van der Waals surface area contributed by atoms with Crippen LogP contribution in [0.2, 0.25) is 0 Å². The van der Waals surface area contributed by atoms with Gasteiger partial charge in [-0.2, -0.15) is 0 Å². The Morgan fingerprint density at radius 1 is 1.24 bits per heavy atom. The van der Waals surface area contributed by atoms with E-state index in [1.165, 1.54) is 0 Å². The highest BCUT2D eigenvalue weighted by atomic mass is 16.4. The van der Waals surface area contributed by atoms with Gasteiger partial charge in [0.15, 0.2) is 0 Å². The van der Waals surface area contributed by atoms with Crippen LogP contribution in [-0.4, -0.2) is 28.5 Å². The average Bonchev–Trinajstić information content (AvgIpc) is 2.44. The second-order valence-electron chi connectivity index (χ2n) is 4.75. The van der Waals surface area contributed by atoms with Gasteiger partial charge in [0, 0.05) is 18.4 Å². The Morgan fingerprint density at radius 3 is 2.81 bits per heavy atom. The summed E-state index contributed by atoms with van der Waals surface area (Å²) in [6.45, 7) is 0.348. The smallest absolute Gasteiger partial charge is 0.303 e. The number of nitrogens with one attached hydrogen (secondary N) is 1. The fourth-order valence-corrected chi connectivity index (χ4v) is 2.00. The lowest BCUT2D eigenvalue weighted by molar-refractivity contribution is -0.137. The molecular formula is C15H17N3O3. The lowest BCUT2D eigenvalue weighted by Gasteiger charge is -2.06. The molecule has 2 aromatic rings. The molecule has 0 spiro atoms. The van der Waals surface area contributed by atoms with Crippen molar-refractivity contribution in [3.8, 4) is 0 Å². The van der Waals surface area contributed by atoms with Crippen molar-refractivity contribution in [3.05, 3.63) is 36.0 Å². The Balaban J connectivity index is 1.95. The zero-order valence-corrected chi connectivity index (χ0v) is 11.5. The van der Waals surface area contributed by atoms with Crippen LogP contribution in [0.4, 0.5) is 5.69 Å². The van der Waals surface area contributed by atoms with Crippen LogP contribution in [0.1, 0.15) is 18.5 Å². The van der Waals surface area contributed by atoms with E-state index in [2.05, 4.69) is 10.3 Å². The van der Waals surface area contributed by atoms with Crippen molar-refractivity contribution in [2.75, 3.05) is 12.3 Å². The molecule has 4 N–H and O–H groups in total. The summed E-state index contributed by atoms with van der Waals surface area (Å²) in [4.78, 5) is 26.5. The number of fused-ring (bicyclic) bond motifs is 1. The molecule has 0 bridgehead atoms. The minimum absolute atomic E-state index is 0.0467. The summed E-state index contributed by atoms with van der Waals surface area (Å²) in [7, 11) is 0. The molecule has 0 saturated heterocycles. The Hall–Kier alpha value is -2.63. The van der Waals surface area contributed by atoms with Crippen LogP contribution >= 0.6 is 0 Å². The van der Waals surface area contributed by atoms with E-state index in [0.29, 0.717) is 29.9 Å². The molecule has 1 aromatic heterocycles. The third-order valence-electron chi connectivity index (χ3n) is 3.04. The van der Waals surface area contributed by atoms with Gasteiger partial charge in [-0.1, -0.05) is 18.2 Å². The van der Waals surface area contributed by atoms with Crippen LogP contribution in [-0.2, 0) is 16.0 Å². The van der Waals surface area contributed by atoms with Crippen molar-refractivity contribution in [2.24, 2.45) is 0 Å². The Kier molecular flexibility index (Phi) is 4.71. The summed E-state index contributed by atoms with van der Waals surface area (Å²) in [5, 5.41) is 12.1. The SMILES string of the molecule is Nc1cccc2ccc(CC(=O)NCCCC(=O)O)nc12. The molecule has 1 heterocycles. The fraction of sp³-hybridized carbons (Fsp3) is 0.267. The molecule has 0 radical (unpaired) electrons. The van der Waals surface area contributed by atoms with Crippen LogP contribution < -0.4 is 11.1 Å². The molecule has 6 nitrogen and oxygen atoms in total. The van der Waals surface area contributed by atoms with E-state index in [0.717, 1.165) is 5.39 Å². The van der Waals surface area contributed by atoms with E-state index < -0.39 is 5.97 Å². The number of carbonyl (C=O) groups is 2. The van der Waals surface area contributed by atoms with Gasteiger partial charge < -0.3 is 16.2 Å². The van der Waals surface area contributed by atoms with E-state index in [-0.39, 0.29) is 18.7 Å². The molecule has 0 aliphatic heterocycles. The van der Waals surface area contributed by atoms with Crippen LogP contribution in [0.25, 0.3) is 10.9 Å². The summed E-state index contributed by atoms with van der Waals surface area (Å²) in [5.41, 5.74) is 7.77. The molecule has 0 aliphatic rings. The Bertz CT molecular complexity index is 670. The molecule has 0 unspecified atom stereocenters. The predicted octanol–water partition coefficient (Wildman–Crippen LogP) is 1.34. The van der Waals surface area contributed by atoms with Crippen molar-refractivity contribution in [1.82, 2.24) is 10.3 Å². The first-order valence-electron chi connectivity index (χ1n) is 6.69. The summed E-state index contributed by atoms with van der Waals surface area (Å²) in [6.07, 6.45) is 0.613. The number of anilines is 1. The highest BCUT2D eigenvalue weighted by molar-refractivity contribution is 5.89. The fourth-order valence-electron chi connectivity index (χ4n) is 2.00. The molecule has 2 rings (SSSR count). The van der Waals surface area contributed by atoms with Gasteiger partial charge >= 0.3 is 5.97 Å². The van der Waals surface area contributed by atoms with Gasteiger partial charge in [-0.15, -0.1) is 0 Å². The number of carboxylic acids is 1. The highest BCUT2D eigenvalue weighted by Crippen LogP contribution is 2.18. The topological polar surface area (TPSA) is 105 Å². The van der Waals surface area contributed by atoms with Crippen molar-refractivity contribution >= 4 is 28.5 Å². The molecule has 0 fully saturated rings. The summed E-state index contributed by atoms with van der Waals surface area (Å²) in [6, 6.07) is 9.21. The molecule has 1 aromatic carbocycles. The Morgan fingerprint density at radius 2 is 2.05 bits per heavy atom. The maximum atomic E-state index is 11.7. The maximum Gasteiger partial charge on any atom is 0.303 e. The molecule has 0 aliphatic carbocycles. The number of nitrogens with zero attached hydrogens (tertiary/aromatic N) is 1. The molecule has 0 saturated carbocycles. The molecule has 21 heavy (non-hydrogen) atoms. The molecule has 1 amide bonds. The number of rotatable bonds is 6. The van der Waals surface area contributed by atoms with Gasteiger partial charge in [0.1, 0.15) is 0 Å². The number of amides is 1. The number of carbonyl (C=O) groups excluding carboxylic acids is 1. The first-order valence-corrected chi connectivity index (χ1v) is 6.69. The number of carboxylic acid groups (broad SMARTS) is 1. The second-order valence-corrected chi connectivity index (χ2v) is 4.75. The van der Waals surface area contributed by atoms with Gasteiger partial charge in [-0.25, -0.2) is 0 Å². The largest absolute Gasteiger partial charge is 0.481 e. The number of aliphatic carboxylic acids is 1. The first kappa shape index (κ1) is 14.8. The number of hydrogen-bond acceptors (Lipinski definition) is 4. The van der Waals surface area contributed by atoms with Gasteiger partial charge in [0.05, 0.1) is 23.3 Å². The van der Waals surface area contributed by atoms with Crippen molar-refractivity contribution in [2.45, 2.75) is 19.3 Å². The summed E-state index contributed by atoms with van der Waals surface area (Å²) in [5.74, 6) is -1.04. The minimum atomic E-state index is -0.865. The van der Waals surface area contributed by atoms with Crippen LogP contribution in [0.15, 0.2) is 30.3 Å². The van der Waals surface area contributed by atoms with Crippen LogP contribution in [0.3, 0.4) is 0 Å². The highest BCUT2D eigenvalue weighted by Gasteiger charge is 2.07. The molecule has 0 atom stereocenters. The van der Waals surface area contributed by atoms with E-state index in [9.17, 15) is 9.59 Å². The number of pyridine rings is 1. The third-order valence-corrected chi connectivity index (χ3v) is 3.04. The van der Waals surface area contributed by atoms with Crippen molar-refractivity contribution in [1.29, 1.82) is 0 Å². The second kappa shape index (κ2) is 6.69. The molecule has 6 heteroatoms. The van der Waals surface area contributed by atoms with Gasteiger partial charge in [0.25, 0.3) is 0 Å². The number of aromatic nitrogens is 1. The van der Waals surface area contributed by atoms with Gasteiger partial charge in [-0.05, 0) is 18.6 Å². The normalized spacial score (nSPS) is 10.5. The average molecular weight is 287 g/mol. The standard InChI is InChI=1S/C15H17N3O3/c16-12-4-1-3-10-6-7-11(18-15(10)12)9-13(19)17-8-2-5-14(20)21/h1,3-4,6-7H,2,5,8-9,16H2,(H,17,19)(H,20,21). The minimum Gasteiger partial charge on any atom is -0.481 e. The monoisotopic (exact) mass is 287 g/mol.